The highest BCUT2D eigenvalue weighted by molar-refractivity contribution is 5.72. The first-order valence-corrected chi connectivity index (χ1v) is 8.89. The zero-order valence-corrected chi connectivity index (χ0v) is 15.1. The van der Waals surface area contributed by atoms with Crippen molar-refractivity contribution in [3.8, 4) is 0 Å². The van der Waals surface area contributed by atoms with Crippen LogP contribution in [-0.4, -0.2) is 40.5 Å². The number of carbonyl (C=O) groups excluding carboxylic acids is 1. The van der Waals surface area contributed by atoms with Gasteiger partial charge in [-0.05, 0) is 51.1 Å². The molecule has 0 aromatic carbocycles. The van der Waals surface area contributed by atoms with Crippen molar-refractivity contribution >= 4 is 11.7 Å². The van der Waals surface area contributed by atoms with Crippen LogP contribution in [0.5, 0.6) is 0 Å². The third-order valence-electron chi connectivity index (χ3n) is 4.54. The fourth-order valence-corrected chi connectivity index (χ4v) is 3.11. The summed E-state index contributed by atoms with van der Waals surface area (Å²) >= 11 is 0. The van der Waals surface area contributed by atoms with Gasteiger partial charge in [-0.3, -0.25) is 9.59 Å². The van der Waals surface area contributed by atoms with Gasteiger partial charge in [-0.25, -0.2) is 10.5 Å². The number of rotatable bonds is 7. The van der Waals surface area contributed by atoms with Gasteiger partial charge in [-0.15, -0.1) is 0 Å². The van der Waals surface area contributed by atoms with Crippen LogP contribution in [0.25, 0.3) is 5.70 Å². The lowest BCUT2D eigenvalue weighted by Crippen LogP contribution is -2.34. The highest BCUT2D eigenvalue weighted by atomic mass is 16.5. The van der Waals surface area contributed by atoms with Gasteiger partial charge in [-0.1, -0.05) is 0 Å². The molecular formula is C17H28N6O3. The second-order valence-corrected chi connectivity index (χ2v) is 6.47. The molecule has 9 nitrogen and oxygen atoms in total. The van der Waals surface area contributed by atoms with Gasteiger partial charge < -0.3 is 21.2 Å². The minimum Gasteiger partial charge on any atom is -0.465 e. The number of hydrogen-bond donors (Lipinski definition) is 3. The number of hydrazine groups is 1. The summed E-state index contributed by atoms with van der Waals surface area (Å²) in [6.07, 6.45) is 5.11. The van der Waals surface area contributed by atoms with Gasteiger partial charge >= 0.3 is 5.97 Å². The van der Waals surface area contributed by atoms with Crippen molar-refractivity contribution in [2.75, 3.05) is 19.7 Å². The molecule has 1 fully saturated rings. The highest BCUT2D eigenvalue weighted by Gasteiger charge is 2.23. The van der Waals surface area contributed by atoms with E-state index < -0.39 is 5.97 Å². The first-order chi connectivity index (χ1) is 12.4. The molecule has 0 bridgehead atoms. The molecule has 1 heterocycles. The molecule has 144 valence electrons. The first kappa shape index (κ1) is 19.9. The van der Waals surface area contributed by atoms with Crippen LogP contribution in [0, 0.1) is 5.92 Å². The molecule has 1 saturated carbocycles. The maximum absolute atomic E-state index is 12.2. The van der Waals surface area contributed by atoms with Gasteiger partial charge in [0.25, 0.3) is 5.56 Å². The van der Waals surface area contributed by atoms with Crippen LogP contribution in [0.3, 0.4) is 0 Å². The molecule has 1 aliphatic rings. The van der Waals surface area contributed by atoms with E-state index in [0.29, 0.717) is 18.2 Å². The van der Waals surface area contributed by atoms with Crippen molar-refractivity contribution in [1.29, 1.82) is 0 Å². The van der Waals surface area contributed by atoms with Gasteiger partial charge in [0.2, 0.25) is 0 Å². The molecule has 26 heavy (non-hydrogen) atoms. The van der Waals surface area contributed by atoms with E-state index in [1.54, 1.807) is 13.0 Å². The maximum atomic E-state index is 12.2. The van der Waals surface area contributed by atoms with E-state index in [-0.39, 0.29) is 30.4 Å². The molecule has 1 aromatic heterocycles. The van der Waals surface area contributed by atoms with E-state index in [1.807, 2.05) is 0 Å². The lowest BCUT2D eigenvalue weighted by atomic mass is 9.86. The molecule has 1 aliphatic carbocycles. The summed E-state index contributed by atoms with van der Waals surface area (Å²) in [4.78, 5) is 23.6. The molecule has 0 saturated heterocycles. The lowest BCUT2D eigenvalue weighted by Gasteiger charge is -2.28. The molecule has 2 rings (SSSR count). The van der Waals surface area contributed by atoms with E-state index in [9.17, 15) is 9.59 Å². The summed E-state index contributed by atoms with van der Waals surface area (Å²) in [5.74, 6) is 5.82. The zero-order valence-electron chi connectivity index (χ0n) is 15.1. The van der Waals surface area contributed by atoms with Crippen LogP contribution >= 0.6 is 0 Å². The SMILES string of the molecule is CCOC(=O)CN(N)/C=C(\N)c1ccc(=O)n(C2CCC(CN)CC2)n1. The number of carbonyl (C=O) groups is 1. The zero-order chi connectivity index (χ0) is 19.1. The Kier molecular flexibility index (Phi) is 7.16. The van der Waals surface area contributed by atoms with Gasteiger partial charge in [0, 0.05) is 12.3 Å². The van der Waals surface area contributed by atoms with Gasteiger partial charge in [-0.2, -0.15) is 5.10 Å². The Bertz CT molecular complexity index is 694. The Morgan fingerprint density at radius 2 is 2.08 bits per heavy atom. The van der Waals surface area contributed by atoms with Gasteiger partial charge in [0.05, 0.1) is 18.3 Å². The Morgan fingerprint density at radius 3 is 2.69 bits per heavy atom. The molecule has 6 N–H and O–H groups in total. The summed E-state index contributed by atoms with van der Waals surface area (Å²) in [6, 6.07) is 3.05. The Labute approximate surface area is 152 Å². The molecule has 0 unspecified atom stereocenters. The molecule has 0 radical (unpaired) electrons. The summed E-state index contributed by atoms with van der Waals surface area (Å²) in [5, 5.41) is 5.53. The normalized spacial score (nSPS) is 20.7. The van der Waals surface area contributed by atoms with Crippen LogP contribution in [0.1, 0.15) is 44.3 Å². The number of ether oxygens (including phenoxy) is 1. The number of nitrogens with two attached hydrogens (primary N) is 3. The fraction of sp³-hybridized carbons (Fsp3) is 0.588. The topological polar surface area (TPSA) is 142 Å². The number of aromatic nitrogens is 2. The highest BCUT2D eigenvalue weighted by Crippen LogP contribution is 2.30. The van der Waals surface area contributed by atoms with E-state index in [1.165, 1.54) is 16.9 Å². The Balaban J connectivity index is 2.11. The largest absolute Gasteiger partial charge is 0.465 e. The molecule has 1 aromatic rings. The van der Waals surface area contributed by atoms with E-state index in [2.05, 4.69) is 5.10 Å². The quantitative estimate of drug-likeness (QED) is 0.347. The molecule has 0 spiro atoms. The second-order valence-electron chi connectivity index (χ2n) is 6.47. The van der Waals surface area contributed by atoms with Crippen molar-refractivity contribution in [3.63, 3.8) is 0 Å². The van der Waals surface area contributed by atoms with Gasteiger partial charge in [0.1, 0.15) is 12.2 Å². The monoisotopic (exact) mass is 364 g/mol. The summed E-state index contributed by atoms with van der Waals surface area (Å²) < 4.78 is 6.33. The van der Waals surface area contributed by atoms with Crippen LogP contribution in [0.4, 0.5) is 0 Å². The minimum absolute atomic E-state index is 0.0477. The molecule has 0 atom stereocenters. The van der Waals surface area contributed by atoms with E-state index in [4.69, 9.17) is 22.0 Å². The van der Waals surface area contributed by atoms with Gasteiger partial charge in [0.15, 0.2) is 0 Å². The van der Waals surface area contributed by atoms with Crippen LogP contribution < -0.4 is 22.9 Å². The van der Waals surface area contributed by atoms with Crippen molar-refractivity contribution in [2.24, 2.45) is 23.2 Å². The maximum Gasteiger partial charge on any atom is 0.327 e. The van der Waals surface area contributed by atoms with Crippen LogP contribution in [-0.2, 0) is 9.53 Å². The van der Waals surface area contributed by atoms with E-state index in [0.717, 1.165) is 30.7 Å². The van der Waals surface area contributed by atoms with Crippen molar-refractivity contribution in [2.45, 2.75) is 38.6 Å². The van der Waals surface area contributed by atoms with Crippen molar-refractivity contribution in [1.82, 2.24) is 14.8 Å². The first-order valence-electron chi connectivity index (χ1n) is 8.89. The average molecular weight is 364 g/mol. The third-order valence-corrected chi connectivity index (χ3v) is 4.54. The van der Waals surface area contributed by atoms with E-state index >= 15 is 0 Å². The molecular weight excluding hydrogens is 336 g/mol. The number of hydrogen-bond acceptors (Lipinski definition) is 8. The van der Waals surface area contributed by atoms with Crippen molar-refractivity contribution in [3.05, 3.63) is 34.4 Å². The third kappa shape index (κ3) is 5.30. The Morgan fingerprint density at radius 1 is 1.38 bits per heavy atom. The number of nitrogens with zero attached hydrogens (tertiary/aromatic N) is 3. The lowest BCUT2D eigenvalue weighted by molar-refractivity contribution is -0.143. The standard InChI is InChI=1S/C17H28N6O3/c1-2-26-17(25)11-22(20)10-14(19)15-7-8-16(24)23(21-15)13-5-3-12(9-18)4-6-13/h7-8,10,12-13H,2-6,9,11,18-20H2,1H3/b14-10-. The number of esters is 1. The predicted molar refractivity (Wildman–Crippen MR) is 98.2 cm³/mol. The molecule has 9 heteroatoms. The Hall–Kier alpha value is -2.39. The second kappa shape index (κ2) is 9.35. The fourth-order valence-electron chi connectivity index (χ4n) is 3.11. The smallest absolute Gasteiger partial charge is 0.327 e. The summed E-state index contributed by atoms with van der Waals surface area (Å²) in [5.41, 5.74) is 12.3. The minimum atomic E-state index is -0.450. The summed E-state index contributed by atoms with van der Waals surface area (Å²) in [7, 11) is 0. The molecule has 0 aliphatic heterocycles. The van der Waals surface area contributed by atoms with Crippen LogP contribution in [0.2, 0.25) is 0 Å². The van der Waals surface area contributed by atoms with Crippen molar-refractivity contribution < 1.29 is 9.53 Å². The summed E-state index contributed by atoms with van der Waals surface area (Å²) in [6.45, 7) is 2.55. The average Bonchev–Trinajstić information content (AvgIpc) is 2.62. The predicted octanol–water partition coefficient (Wildman–Crippen LogP) is -0.0708. The molecule has 0 amide bonds. The van der Waals surface area contributed by atoms with Crippen LogP contribution in [0.15, 0.2) is 23.1 Å².